The molecule has 0 atom stereocenters. The average Bonchev–Trinajstić information content (AvgIpc) is 3.32. The number of benzene rings is 2. The molecule has 1 N–H and O–H groups in total. The van der Waals surface area contributed by atoms with E-state index in [1.165, 1.54) is 16.2 Å². The molecule has 146 valence electrons. The average molecular weight is 404 g/mol. The predicted octanol–water partition coefficient (Wildman–Crippen LogP) is 4.77. The van der Waals surface area contributed by atoms with Crippen molar-refractivity contribution in [3.63, 3.8) is 0 Å². The number of hydrogen-bond acceptors (Lipinski definition) is 5. The van der Waals surface area contributed by atoms with Crippen molar-refractivity contribution < 1.29 is 14.3 Å². The Hall–Kier alpha value is -3.38. The lowest BCUT2D eigenvalue weighted by Gasteiger charge is -2.16. The zero-order valence-corrected chi connectivity index (χ0v) is 17.2. The van der Waals surface area contributed by atoms with Crippen molar-refractivity contribution in [3.05, 3.63) is 81.7 Å². The third kappa shape index (κ3) is 3.32. The topological polar surface area (TPSA) is 58.6 Å². The Balaban J connectivity index is 1.79. The highest BCUT2D eigenvalue weighted by atomic mass is 32.1. The Kier molecular flexibility index (Phi) is 4.94. The molecule has 29 heavy (non-hydrogen) atoms. The minimum Gasteiger partial charge on any atom is -0.497 e. The van der Waals surface area contributed by atoms with E-state index < -0.39 is 0 Å². The van der Waals surface area contributed by atoms with Crippen molar-refractivity contribution in [3.8, 4) is 5.75 Å². The number of carbonyl (C=O) groups is 2. The van der Waals surface area contributed by atoms with Gasteiger partial charge in [-0.1, -0.05) is 18.2 Å². The number of hydrogen-bond donors (Lipinski definition) is 1. The molecule has 3 aromatic rings. The van der Waals surface area contributed by atoms with Gasteiger partial charge in [0.05, 0.1) is 18.4 Å². The first-order chi connectivity index (χ1) is 14.0. The van der Waals surface area contributed by atoms with E-state index in [2.05, 4.69) is 5.32 Å². The molecule has 4 rings (SSSR count). The summed E-state index contributed by atoms with van der Waals surface area (Å²) in [5, 5.41) is 5.13. The summed E-state index contributed by atoms with van der Waals surface area (Å²) in [5.41, 5.74) is 4.15. The van der Waals surface area contributed by atoms with Crippen LogP contribution < -0.4 is 15.0 Å². The Morgan fingerprint density at radius 2 is 1.69 bits per heavy atom. The largest absolute Gasteiger partial charge is 0.497 e. The molecule has 0 spiro atoms. The molecular formula is C23H20N2O3S. The van der Waals surface area contributed by atoms with Crippen LogP contribution >= 0.6 is 11.3 Å². The second-order valence-corrected chi connectivity index (χ2v) is 7.69. The lowest BCUT2D eigenvalue weighted by molar-refractivity contribution is -0.120. The van der Waals surface area contributed by atoms with E-state index >= 15 is 0 Å². The van der Waals surface area contributed by atoms with Crippen LogP contribution in [0.25, 0.3) is 5.57 Å². The molecule has 0 fully saturated rings. The van der Waals surface area contributed by atoms with E-state index in [4.69, 9.17) is 4.74 Å². The van der Waals surface area contributed by atoms with Crippen LogP contribution in [-0.2, 0) is 9.59 Å². The summed E-state index contributed by atoms with van der Waals surface area (Å²) in [6.07, 6.45) is 0. The summed E-state index contributed by atoms with van der Waals surface area (Å²) < 4.78 is 5.18. The lowest BCUT2D eigenvalue weighted by Crippen LogP contribution is -2.32. The van der Waals surface area contributed by atoms with Gasteiger partial charge in [-0.3, -0.25) is 9.59 Å². The van der Waals surface area contributed by atoms with Crippen LogP contribution in [-0.4, -0.2) is 18.9 Å². The van der Waals surface area contributed by atoms with E-state index in [1.807, 2.05) is 49.6 Å². The molecule has 1 aromatic heterocycles. The maximum absolute atomic E-state index is 13.3. The summed E-state index contributed by atoms with van der Waals surface area (Å²) in [4.78, 5) is 28.6. The third-order valence-electron chi connectivity index (χ3n) is 5.05. The Labute approximate surface area is 173 Å². The molecule has 0 aliphatic carbocycles. The van der Waals surface area contributed by atoms with Crippen LogP contribution in [0.1, 0.15) is 16.0 Å². The highest BCUT2D eigenvalue weighted by Gasteiger charge is 2.40. The van der Waals surface area contributed by atoms with Gasteiger partial charge >= 0.3 is 0 Å². The highest BCUT2D eigenvalue weighted by Crippen LogP contribution is 2.36. The van der Waals surface area contributed by atoms with Crippen molar-refractivity contribution in [1.29, 1.82) is 0 Å². The first kappa shape index (κ1) is 19.0. The van der Waals surface area contributed by atoms with Gasteiger partial charge in [0.2, 0.25) is 0 Å². The second kappa shape index (κ2) is 7.56. The quantitative estimate of drug-likeness (QED) is 0.623. The highest BCUT2D eigenvalue weighted by molar-refractivity contribution is 7.11. The van der Waals surface area contributed by atoms with Crippen LogP contribution in [0.2, 0.25) is 0 Å². The molecule has 0 unspecified atom stereocenters. The predicted molar refractivity (Wildman–Crippen MR) is 116 cm³/mol. The van der Waals surface area contributed by atoms with Crippen molar-refractivity contribution >= 4 is 40.1 Å². The van der Waals surface area contributed by atoms with Gasteiger partial charge in [-0.25, -0.2) is 4.90 Å². The van der Waals surface area contributed by atoms with E-state index in [1.54, 1.807) is 31.4 Å². The Morgan fingerprint density at radius 3 is 2.34 bits per heavy atom. The van der Waals surface area contributed by atoms with Crippen LogP contribution in [0.4, 0.5) is 11.4 Å². The van der Waals surface area contributed by atoms with Crippen LogP contribution in [0.15, 0.2) is 65.7 Å². The maximum atomic E-state index is 13.3. The molecule has 5 nitrogen and oxygen atoms in total. The van der Waals surface area contributed by atoms with Gasteiger partial charge in [0.15, 0.2) is 0 Å². The molecular weight excluding hydrogens is 384 g/mol. The number of nitrogens with zero attached hydrogens (tertiary/aromatic N) is 1. The lowest BCUT2D eigenvalue weighted by atomic mass is 10.1. The molecule has 0 saturated carbocycles. The summed E-state index contributed by atoms with van der Waals surface area (Å²) in [7, 11) is 1.57. The van der Waals surface area contributed by atoms with Crippen molar-refractivity contribution in [2.24, 2.45) is 0 Å². The van der Waals surface area contributed by atoms with E-state index in [9.17, 15) is 9.59 Å². The van der Waals surface area contributed by atoms with Crippen LogP contribution in [0.3, 0.4) is 0 Å². The number of thiophene rings is 1. The van der Waals surface area contributed by atoms with Gasteiger partial charge in [-0.2, -0.15) is 0 Å². The second-order valence-electron chi connectivity index (χ2n) is 6.74. The fraction of sp³-hybridized carbons (Fsp3) is 0.130. The molecule has 2 heterocycles. The molecule has 1 aliphatic heterocycles. The number of amides is 2. The molecule has 0 bridgehead atoms. The summed E-state index contributed by atoms with van der Waals surface area (Å²) in [5.74, 6) is -0.0482. The fourth-order valence-electron chi connectivity index (χ4n) is 3.28. The zero-order valence-electron chi connectivity index (χ0n) is 16.4. The number of nitrogens with one attached hydrogen (secondary N) is 1. The van der Waals surface area contributed by atoms with E-state index in [-0.39, 0.29) is 11.8 Å². The van der Waals surface area contributed by atoms with Crippen LogP contribution in [0, 0.1) is 13.8 Å². The summed E-state index contributed by atoms with van der Waals surface area (Å²) in [6, 6.07) is 16.5. The van der Waals surface area contributed by atoms with Gasteiger partial charge < -0.3 is 10.1 Å². The van der Waals surface area contributed by atoms with E-state index in [0.29, 0.717) is 22.7 Å². The smallest absolute Gasteiger partial charge is 0.282 e. The maximum Gasteiger partial charge on any atom is 0.282 e. The fourth-order valence-corrected chi connectivity index (χ4v) is 4.05. The number of ether oxygens (including phenoxy) is 1. The molecule has 6 heteroatoms. The number of carbonyl (C=O) groups excluding carboxylic acids is 2. The summed E-state index contributed by atoms with van der Waals surface area (Å²) in [6.45, 7) is 4.01. The number of aryl methyl sites for hydroxylation is 1. The normalized spacial score (nSPS) is 14.0. The van der Waals surface area contributed by atoms with Crippen molar-refractivity contribution in [2.75, 3.05) is 17.3 Å². The monoisotopic (exact) mass is 404 g/mol. The van der Waals surface area contributed by atoms with Gasteiger partial charge in [0, 0.05) is 10.6 Å². The minimum atomic E-state index is -0.371. The van der Waals surface area contributed by atoms with Gasteiger partial charge in [0.1, 0.15) is 11.4 Å². The standard InChI is InChI=1S/C23H20N2O3S/c1-14-6-4-7-18(15(14)2)24-21-20(19-8-5-13-29-19)22(26)25(23(21)27)16-9-11-17(28-3)12-10-16/h4-13,24H,1-3H3. The van der Waals surface area contributed by atoms with Gasteiger partial charge in [-0.05, 0) is 66.8 Å². The number of anilines is 2. The Bertz CT molecular complexity index is 1120. The molecule has 0 radical (unpaired) electrons. The van der Waals surface area contributed by atoms with Crippen molar-refractivity contribution in [2.45, 2.75) is 13.8 Å². The third-order valence-corrected chi connectivity index (χ3v) is 5.93. The van der Waals surface area contributed by atoms with Gasteiger partial charge in [-0.15, -0.1) is 11.3 Å². The number of methoxy groups -OCH3 is 1. The van der Waals surface area contributed by atoms with Gasteiger partial charge in [0.25, 0.3) is 11.8 Å². The Morgan fingerprint density at radius 1 is 0.931 bits per heavy atom. The molecule has 2 aromatic carbocycles. The first-order valence-corrected chi connectivity index (χ1v) is 10.0. The van der Waals surface area contributed by atoms with Crippen molar-refractivity contribution in [1.82, 2.24) is 0 Å². The number of imide groups is 1. The molecule has 1 aliphatic rings. The molecule has 2 amide bonds. The minimum absolute atomic E-state index is 0.293. The zero-order chi connectivity index (χ0) is 20.5. The SMILES string of the molecule is COc1ccc(N2C(=O)C(Nc3cccc(C)c3C)=C(c3cccs3)C2=O)cc1. The molecule has 0 saturated heterocycles. The van der Waals surface area contributed by atoms with E-state index in [0.717, 1.165) is 21.7 Å². The first-order valence-electron chi connectivity index (χ1n) is 9.15. The summed E-state index contributed by atoms with van der Waals surface area (Å²) >= 11 is 1.43. The van der Waals surface area contributed by atoms with Crippen LogP contribution in [0.5, 0.6) is 5.75 Å². The number of rotatable bonds is 5.